The Balaban J connectivity index is 1.29. The first-order valence-corrected chi connectivity index (χ1v) is 16.3. The SMILES string of the molecule is CCc1c2c(nc3ccc(OC(=O)CCn4c(O)cc(SC(P)P)c4O)cc13)-c1cc3c(c(=O)n1C2)COC(=O)[C@]3(O)CC. The minimum absolute atomic E-state index is 0.0269. The predicted octanol–water partition coefficient (Wildman–Crippen LogP) is 3.98. The number of thioether (sulfide) groups is 1. The number of carbonyl (C=O) groups is 2. The molecule has 2 unspecified atom stereocenters. The molecule has 14 heteroatoms. The Morgan fingerprint density at radius 3 is 2.66 bits per heavy atom. The van der Waals surface area contributed by atoms with Crippen molar-refractivity contribution in [1.82, 2.24) is 14.1 Å². The van der Waals surface area contributed by atoms with E-state index in [2.05, 4.69) is 18.5 Å². The molecule has 0 bridgehead atoms. The number of rotatable bonds is 8. The van der Waals surface area contributed by atoms with E-state index in [0.717, 1.165) is 16.5 Å². The number of aromatic hydroxyl groups is 2. The molecule has 3 N–H and O–H groups in total. The van der Waals surface area contributed by atoms with Gasteiger partial charge in [-0.2, -0.15) is 0 Å². The zero-order chi connectivity index (χ0) is 31.5. The average Bonchev–Trinajstić information content (AvgIpc) is 3.48. The summed E-state index contributed by atoms with van der Waals surface area (Å²) in [6.07, 6.45) is 0.582. The van der Waals surface area contributed by atoms with E-state index in [1.54, 1.807) is 35.8 Å². The van der Waals surface area contributed by atoms with Gasteiger partial charge in [-0.1, -0.05) is 13.8 Å². The van der Waals surface area contributed by atoms with Crippen LogP contribution >= 0.6 is 30.2 Å². The molecule has 0 radical (unpaired) electrons. The van der Waals surface area contributed by atoms with Gasteiger partial charge in [0.2, 0.25) is 5.88 Å². The number of aliphatic hydroxyl groups is 1. The number of fused-ring (bicyclic) bond motifs is 5. The lowest BCUT2D eigenvalue weighted by molar-refractivity contribution is -0.172. The van der Waals surface area contributed by atoms with Gasteiger partial charge in [0.15, 0.2) is 11.5 Å². The van der Waals surface area contributed by atoms with Gasteiger partial charge in [0.25, 0.3) is 5.56 Å². The number of cyclic esters (lactones) is 1. The second-order valence-electron chi connectivity index (χ2n) is 10.7. The quantitative estimate of drug-likeness (QED) is 0.0969. The summed E-state index contributed by atoms with van der Waals surface area (Å²) in [5, 5.41) is 32.6. The average molecular weight is 656 g/mol. The minimum Gasteiger partial charge on any atom is -0.494 e. The molecule has 3 aromatic heterocycles. The van der Waals surface area contributed by atoms with E-state index in [0.29, 0.717) is 34.0 Å². The van der Waals surface area contributed by atoms with E-state index in [9.17, 15) is 29.7 Å². The second-order valence-corrected chi connectivity index (χ2v) is 15.1. The number of pyridine rings is 2. The molecule has 3 atom stereocenters. The Labute approximate surface area is 261 Å². The summed E-state index contributed by atoms with van der Waals surface area (Å²) in [6, 6.07) is 8.26. The van der Waals surface area contributed by atoms with Crippen LogP contribution in [0, 0.1) is 0 Å². The summed E-state index contributed by atoms with van der Waals surface area (Å²) in [4.78, 5) is 44.1. The highest BCUT2D eigenvalue weighted by molar-refractivity contribution is 8.07. The summed E-state index contributed by atoms with van der Waals surface area (Å²) in [6.45, 7) is 3.75. The fourth-order valence-corrected chi connectivity index (χ4v) is 7.51. The molecule has 2 aliphatic heterocycles. The molecule has 5 heterocycles. The van der Waals surface area contributed by atoms with Crippen LogP contribution in [0.3, 0.4) is 0 Å². The Morgan fingerprint density at radius 2 is 1.95 bits per heavy atom. The molecule has 0 saturated carbocycles. The summed E-state index contributed by atoms with van der Waals surface area (Å²) in [5.74, 6) is -1.26. The summed E-state index contributed by atoms with van der Waals surface area (Å²) in [5.41, 5.74) is 1.85. The molecule has 230 valence electrons. The van der Waals surface area contributed by atoms with Crippen LogP contribution in [0.15, 0.2) is 40.0 Å². The van der Waals surface area contributed by atoms with Crippen molar-refractivity contribution < 1.29 is 34.4 Å². The molecule has 2 aliphatic rings. The van der Waals surface area contributed by atoms with Crippen molar-refractivity contribution in [3.05, 3.63) is 62.9 Å². The van der Waals surface area contributed by atoms with Crippen molar-refractivity contribution in [3.63, 3.8) is 0 Å². The molecule has 6 rings (SSSR count). The van der Waals surface area contributed by atoms with E-state index in [1.807, 2.05) is 6.92 Å². The number of hydrogen-bond acceptors (Lipinski definition) is 10. The van der Waals surface area contributed by atoms with Gasteiger partial charge in [-0.15, -0.1) is 30.2 Å². The van der Waals surface area contributed by atoms with Gasteiger partial charge in [0.05, 0.1) is 40.3 Å². The fourth-order valence-electron chi connectivity index (χ4n) is 5.95. The van der Waals surface area contributed by atoms with Crippen molar-refractivity contribution in [2.75, 3.05) is 0 Å². The summed E-state index contributed by atoms with van der Waals surface area (Å²) < 4.78 is 13.7. The number of aromatic nitrogens is 3. The Kier molecular flexibility index (Phi) is 7.99. The standard InChI is InChI=1S/C30H31N3O8P2S/c1-3-15-16-9-14(41-24(35)7-8-32-23(34)11-22(27(32)37)44-29(42)43)5-6-20(16)31-25-17(15)12-33-21(25)10-19-18(26(33)36)13-40-28(38)30(19,39)4-2/h5-6,9-11,29,34,37,39H,3-4,7-8,12-13,42-43H2,1-2H3/t30-/m0/s1. The van der Waals surface area contributed by atoms with Crippen molar-refractivity contribution in [3.8, 4) is 28.9 Å². The third-order valence-corrected chi connectivity index (χ3v) is 9.82. The molecule has 44 heavy (non-hydrogen) atoms. The maximum atomic E-state index is 13.5. The number of nitrogens with zero attached hydrogens (tertiary/aromatic N) is 3. The van der Waals surface area contributed by atoms with E-state index in [-0.39, 0.29) is 65.7 Å². The first kappa shape index (κ1) is 30.6. The summed E-state index contributed by atoms with van der Waals surface area (Å²) >= 11 is 1.34. The van der Waals surface area contributed by atoms with E-state index >= 15 is 0 Å². The molecular formula is C30H31N3O8P2S. The van der Waals surface area contributed by atoms with Gasteiger partial charge < -0.3 is 29.4 Å². The molecule has 0 aliphatic carbocycles. The van der Waals surface area contributed by atoms with Crippen LogP contribution in [0.1, 0.15) is 48.9 Å². The summed E-state index contributed by atoms with van der Waals surface area (Å²) in [7, 11) is 5.14. The van der Waals surface area contributed by atoms with Gasteiger partial charge >= 0.3 is 11.9 Å². The Bertz CT molecular complexity index is 1920. The normalized spacial score (nSPS) is 17.0. The third-order valence-electron chi connectivity index (χ3n) is 8.18. The lowest BCUT2D eigenvalue weighted by Gasteiger charge is -2.31. The first-order chi connectivity index (χ1) is 21.0. The van der Waals surface area contributed by atoms with E-state index in [1.165, 1.54) is 22.4 Å². The molecule has 1 aromatic carbocycles. The van der Waals surface area contributed by atoms with Crippen molar-refractivity contribution in [2.45, 2.75) is 68.0 Å². The zero-order valence-corrected chi connectivity index (χ0v) is 27.1. The maximum absolute atomic E-state index is 13.5. The molecular weight excluding hydrogens is 624 g/mol. The van der Waals surface area contributed by atoms with E-state index in [4.69, 9.17) is 14.5 Å². The Hall–Kier alpha value is -3.43. The number of hydrogen-bond donors (Lipinski definition) is 3. The van der Waals surface area contributed by atoms with Crippen LogP contribution in [0.4, 0.5) is 0 Å². The minimum atomic E-state index is -1.90. The van der Waals surface area contributed by atoms with Crippen LogP contribution in [0.25, 0.3) is 22.3 Å². The molecule has 11 nitrogen and oxygen atoms in total. The van der Waals surface area contributed by atoms with Gasteiger partial charge in [0, 0.05) is 33.9 Å². The Morgan fingerprint density at radius 1 is 1.18 bits per heavy atom. The molecule has 0 saturated heterocycles. The van der Waals surface area contributed by atoms with Crippen molar-refractivity contribution >= 4 is 53.1 Å². The van der Waals surface area contributed by atoms with Crippen LogP contribution < -0.4 is 10.3 Å². The lowest BCUT2D eigenvalue weighted by Crippen LogP contribution is -2.44. The highest BCUT2D eigenvalue weighted by Gasteiger charge is 2.45. The number of benzene rings is 1. The van der Waals surface area contributed by atoms with Crippen molar-refractivity contribution in [1.29, 1.82) is 0 Å². The fraction of sp³-hybridized carbons (Fsp3) is 0.333. The van der Waals surface area contributed by atoms with Crippen LogP contribution in [0.2, 0.25) is 0 Å². The van der Waals surface area contributed by atoms with Gasteiger partial charge in [-0.05, 0) is 42.7 Å². The zero-order valence-electron chi connectivity index (χ0n) is 24.0. The predicted molar refractivity (Wildman–Crippen MR) is 171 cm³/mol. The molecule has 0 amide bonds. The molecule has 4 aromatic rings. The number of ether oxygens (including phenoxy) is 2. The van der Waals surface area contributed by atoms with Gasteiger partial charge in [0.1, 0.15) is 12.4 Å². The maximum Gasteiger partial charge on any atom is 0.343 e. The largest absolute Gasteiger partial charge is 0.494 e. The van der Waals surface area contributed by atoms with Crippen LogP contribution in [-0.2, 0) is 46.0 Å². The molecule has 0 spiro atoms. The monoisotopic (exact) mass is 655 g/mol. The van der Waals surface area contributed by atoms with Gasteiger partial charge in [-0.25, -0.2) is 9.78 Å². The highest BCUT2D eigenvalue weighted by atomic mass is 32.2. The number of carbonyl (C=O) groups excluding carboxylic acids is 2. The highest BCUT2D eigenvalue weighted by Crippen LogP contribution is 2.42. The number of aryl methyl sites for hydroxylation is 1. The third kappa shape index (κ3) is 4.98. The topological polar surface area (TPSA) is 153 Å². The number of esters is 2. The second kappa shape index (κ2) is 11.5. The van der Waals surface area contributed by atoms with Crippen LogP contribution in [-0.4, -0.2) is 46.1 Å². The van der Waals surface area contributed by atoms with Crippen molar-refractivity contribution in [2.24, 2.45) is 0 Å². The molecule has 0 fully saturated rings. The van der Waals surface area contributed by atoms with Gasteiger partial charge in [-0.3, -0.25) is 14.2 Å². The smallest absolute Gasteiger partial charge is 0.343 e. The lowest BCUT2D eigenvalue weighted by atomic mass is 9.86. The van der Waals surface area contributed by atoms with Crippen LogP contribution in [0.5, 0.6) is 17.5 Å². The van der Waals surface area contributed by atoms with E-state index < -0.39 is 17.5 Å². The first-order valence-electron chi connectivity index (χ1n) is 14.1.